The van der Waals surface area contributed by atoms with Crippen molar-refractivity contribution >= 4 is 113 Å². The molecule has 12 N–H and O–H groups in total. The third-order valence-corrected chi connectivity index (χ3v) is 13.7. The maximum Gasteiger partial charge on any atom is 0.369 e. The summed E-state index contributed by atoms with van der Waals surface area (Å²) >= 11 is 9.31. The number of aliphatic hydroxyl groups is 1. The summed E-state index contributed by atoms with van der Waals surface area (Å²) < 4.78 is 10.8. The van der Waals surface area contributed by atoms with E-state index in [2.05, 4.69) is 106 Å². The lowest BCUT2D eigenvalue weighted by atomic mass is 10.0. The number of hydrogen-bond donors (Lipinski definition) is 9. The van der Waals surface area contributed by atoms with E-state index in [4.69, 9.17) is 21.9 Å². The first-order valence-corrected chi connectivity index (χ1v) is 29.0. The van der Waals surface area contributed by atoms with Gasteiger partial charge in [-0.15, -0.1) is 47.3 Å². The van der Waals surface area contributed by atoms with Crippen LogP contribution in [-0.2, 0) is 21.1 Å². The number of H-pyrrole nitrogens is 3. The lowest BCUT2D eigenvalue weighted by Gasteiger charge is -2.06. The number of imidazole rings is 3. The Labute approximate surface area is 536 Å². The number of aryl methyl sites for hydroxylation is 3. The molecule has 6 heterocycles. The number of amides is 3. The van der Waals surface area contributed by atoms with Crippen molar-refractivity contribution in [3.8, 4) is 85.6 Å². The van der Waals surface area contributed by atoms with E-state index in [1.807, 2.05) is 67.7 Å². The molecule has 0 radical (unpaired) electrons. The minimum absolute atomic E-state index is 0. The molecule has 26 heteroatoms. The molecule has 456 valence electrons. The molecule has 1 unspecified atom stereocenters. The number of nitrogens with one attached hydrogen (secondary N) is 3. The average Bonchev–Trinajstić information content (AvgIpc) is 1.82. The number of aromatic amines is 3. The van der Waals surface area contributed by atoms with Gasteiger partial charge >= 0.3 is 3.18 Å². The van der Waals surface area contributed by atoms with Crippen LogP contribution in [0.4, 0.5) is 0 Å². The van der Waals surface area contributed by atoms with Gasteiger partial charge in [0.05, 0.1) is 46.3 Å². The molecule has 0 saturated carbocycles. The van der Waals surface area contributed by atoms with Gasteiger partial charge in [-0.25, -0.2) is 15.0 Å². The summed E-state index contributed by atoms with van der Waals surface area (Å²) in [6.45, 7) is 9.26. The van der Waals surface area contributed by atoms with Crippen molar-refractivity contribution in [2.24, 2.45) is 38.3 Å². The zero-order chi connectivity index (χ0) is 62.5. The third-order valence-electron chi connectivity index (χ3n) is 13.7. The predicted molar refractivity (Wildman–Crippen MR) is 363 cm³/mol. The summed E-state index contributed by atoms with van der Waals surface area (Å²) in [6.07, 6.45) is 2.90. The molecule has 6 aromatic heterocycles. The molecule has 89 heavy (non-hydrogen) atoms. The standard InChI is InChI=1S/C21H19N5O2.C20H19N5O3.C20H17N5O2.2CH4.BBr3/c1-4-12-6-5-7-13(10-12)17-19(28-3)18(26(2)25-17)21-23-15-9-8-14(20(22)27)11-16(15)24-21;1-10(26)11-4-3-5-12(8-11)16-18(27)17(25(2)24-16)20-22-14-7-6-13(19(21)28)9-15(14)23-20;1-3-11-5-4-6-12(9-11)16-18(26)17(25(2)24-16)20-22-14-8-7-13(19(21)27)10-15(14)23-20;;;2-1(3)4/h4-11H,1H2,2-3H3,(H2,22,27)(H,23,24);3-10,26-27H,1-2H3,(H2,21,28)(H,22,23);3-10,26H,1H2,2H3,(H2,21,27)(H,22,23);2*1H4;. The van der Waals surface area contributed by atoms with Crippen LogP contribution in [0.15, 0.2) is 141 Å². The minimum Gasteiger partial charge on any atom is -0.504 e. The van der Waals surface area contributed by atoms with Gasteiger partial charge in [0.25, 0.3) is 0 Å². The van der Waals surface area contributed by atoms with Gasteiger partial charge in [0.15, 0.2) is 34.7 Å². The van der Waals surface area contributed by atoms with Gasteiger partial charge in [0, 0.05) is 54.5 Å². The molecular formula is C63H63BBr3N15O7. The number of nitrogens with two attached hydrogens (primary N) is 3. The van der Waals surface area contributed by atoms with Gasteiger partial charge in [-0.1, -0.05) is 94.8 Å². The second-order valence-electron chi connectivity index (χ2n) is 19.4. The van der Waals surface area contributed by atoms with E-state index in [0.717, 1.165) is 33.3 Å². The first-order valence-electron chi connectivity index (χ1n) is 26.3. The highest BCUT2D eigenvalue weighted by atomic mass is 79.9. The highest BCUT2D eigenvalue weighted by Gasteiger charge is 2.25. The molecule has 0 fully saturated rings. The predicted octanol–water partition coefficient (Wildman–Crippen LogP) is 12.4. The second-order valence-corrected chi connectivity index (χ2v) is 25.9. The number of benzene rings is 6. The molecule has 0 bridgehead atoms. The van der Waals surface area contributed by atoms with Crippen molar-refractivity contribution < 1.29 is 34.4 Å². The number of hydrogen-bond acceptors (Lipinski definition) is 13. The van der Waals surface area contributed by atoms with Crippen molar-refractivity contribution in [3.63, 3.8) is 0 Å². The number of aliphatic hydroxyl groups excluding tert-OH is 1. The molecular weight excluding hydrogens is 1330 g/mol. The summed E-state index contributed by atoms with van der Waals surface area (Å²) in [5, 5.41) is 45.0. The van der Waals surface area contributed by atoms with E-state index in [1.165, 1.54) is 4.68 Å². The van der Waals surface area contributed by atoms with Crippen LogP contribution in [-0.4, -0.2) is 103 Å². The fraction of sp³-hybridized carbons (Fsp3) is 0.127. The van der Waals surface area contributed by atoms with Crippen molar-refractivity contribution in [1.29, 1.82) is 0 Å². The number of aromatic hydroxyl groups is 2. The maximum absolute atomic E-state index is 11.4. The van der Waals surface area contributed by atoms with Crippen LogP contribution in [0, 0.1) is 0 Å². The molecule has 12 rings (SSSR count). The van der Waals surface area contributed by atoms with Gasteiger partial charge in [-0.2, -0.15) is 15.3 Å². The molecule has 12 aromatic rings. The van der Waals surface area contributed by atoms with E-state index >= 15 is 0 Å². The first kappa shape index (κ1) is 66.6. The zero-order valence-corrected chi connectivity index (χ0v) is 52.0. The van der Waals surface area contributed by atoms with Crippen molar-refractivity contribution in [1.82, 2.24) is 59.2 Å². The summed E-state index contributed by atoms with van der Waals surface area (Å²) in [6, 6.07) is 37.7. The van der Waals surface area contributed by atoms with Crippen molar-refractivity contribution in [2.75, 3.05) is 7.11 Å². The summed E-state index contributed by atoms with van der Waals surface area (Å²) in [7, 11) is 6.88. The Balaban J connectivity index is 0.000000182. The van der Waals surface area contributed by atoms with Gasteiger partial charge in [-0.05, 0) is 96.4 Å². The van der Waals surface area contributed by atoms with E-state index in [0.29, 0.717) is 107 Å². The van der Waals surface area contributed by atoms with E-state index < -0.39 is 23.8 Å². The Morgan fingerprint density at radius 3 is 1.25 bits per heavy atom. The Bertz CT molecular complexity index is 4610. The average molecular weight is 1390 g/mol. The molecule has 3 amide bonds. The van der Waals surface area contributed by atoms with Crippen LogP contribution < -0.4 is 21.9 Å². The Morgan fingerprint density at radius 2 is 0.888 bits per heavy atom. The lowest BCUT2D eigenvalue weighted by molar-refractivity contribution is 0.0992. The molecule has 0 spiro atoms. The Kier molecular flexibility index (Phi) is 21.2. The van der Waals surface area contributed by atoms with E-state index in [1.54, 1.807) is 116 Å². The van der Waals surface area contributed by atoms with Gasteiger partial charge < -0.3 is 52.2 Å². The number of fused-ring (bicyclic) bond motifs is 3. The monoisotopic (exact) mass is 1390 g/mol. The smallest absolute Gasteiger partial charge is 0.369 e. The molecule has 1 atom stereocenters. The zero-order valence-electron chi connectivity index (χ0n) is 47.2. The lowest BCUT2D eigenvalue weighted by Crippen LogP contribution is -2.10. The quantitative estimate of drug-likeness (QED) is 0.0485. The van der Waals surface area contributed by atoms with Gasteiger partial charge in [0.2, 0.25) is 17.7 Å². The molecule has 0 saturated heterocycles. The number of rotatable bonds is 13. The summed E-state index contributed by atoms with van der Waals surface area (Å²) in [4.78, 5) is 57.3. The summed E-state index contributed by atoms with van der Waals surface area (Å²) in [5.74, 6) is 0.537. The van der Waals surface area contributed by atoms with Crippen LogP contribution >= 0.6 is 47.3 Å². The fourth-order valence-corrected chi connectivity index (χ4v) is 9.49. The Hall–Kier alpha value is -9.89. The second kappa shape index (κ2) is 28.3. The number of aromatic nitrogens is 12. The number of carbonyl (C=O) groups excluding carboxylic acids is 3. The number of methoxy groups -OCH3 is 1. The molecule has 0 aliphatic heterocycles. The van der Waals surface area contributed by atoms with Gasteiger partial charge in [-0.3, -0.25) is 28.4 Å². The van der Waals surface area contributed by atoms with E-state index in [9.17, 15) is 29.7 Å². The maximum atomic E-state index is 11.4. The first-order chi connectivity index (χ1) is 41.6. The van der Waals surface area contributed by atoms with Crippen LogP contribution in [0.2, 0.25) is 0 Å². The molecule has 0 aliphatic carbocycles. The third kappa shape index (κ3) is 14.4. The summed E-state index contributed by atoms with van der Waals surface area (Å²) in [5.41, 5.74) is 29.4. The largest absolute Gasteiger partial charge is 0.504 e. The topological polar surface area (TPSA) is 339 Å². The molecule has 0 aliphatic rings. The molecule has 6 aromatic carbocycles. The molecule has 22 nitrogen and oxygen atoms in total. The minimum atomic E-state index is -0.625. The van der Waals surface area contributed by atoms with E-state index in [-0.39, 0.29) is 29.5 Å². The normalized spacial score (nSPS) is 11.0. The van der Waals surface area contributed by atoms with Crippen LogP contribution in [0.1, 0.15) is 75.6 Å². The SMILES string of the molecule is BrB(Br)Br.C.C.C=Cc1cccc(-c2nn(C)c(-c3nc4ccc(C(N)=O)cc4[nH]3)c2O)c1.C=Cc1cccc(-c2nn(C)c(-c3nc4ccc(C(N)=O)cc4[nH]3)c2OC)c1.CC(O)c1cccc(-c2nn(C)c(-c3nc4ccc(C(N)=O)cc4[nH]3)c2O)c1. The fourth-order valence-electron chi connectivity index (χ4n) is 9.49. The number of primary amides is 3. The number of halogens is 3. The highest BCUT2D eigenvalue weighted by molar-refractivity contribution is 9.69. The highest BCUT2D eigenvalue weighted by Crippen LogP contribution is 2.41. The number of carbonyl (C=O) groups is 3. The number of nitrogens with zero attached hydrogens (tertiary/aromatic N) is 9. The van der Waals surface area contributed by atoms with Crippen molar-refractivity contribution in [3.05, 3.63) is 174 Å². The van der Waals surface area contributed by atoms with Crippen LogP contribution in [0.25, 0.3) is 114 Å². The van der Waals surface area contributed by atoms with Crippen molar-refractivity contribution in [2.45, 2.75) is 27.9 Å². The van der Waals surface area contributed by atoms with Crippen LogP contribution in [0.3, 0.4) is 0 Å². The van der Waals surface area contributed by atoms with Crippen LogP contribution in [0.5, 0.6) is 17.2 Å². The Morgan fingerprint density at radius 1 is 0.551 bits per heavy atom. The number of ether oxygens (including phenoxy) is 1. The van der Waals surface area contributed by atoms with Gasteiger partial charge in [0.1, 0.15) is 34.2 Å².